The number of carbonyl (C=O) groups excluding carboxylic acids is 3. The monoisotopic (exact) mass is 448 g/mol. The van der Waals surface area contributed by atoms with Gasteiger partial charge in [-0.3, -0.25) is 9.59 Å². The summed E-state index contributed by atoms with van der Waals surface area (Å²) in [5, 5.41) is 23.0. The summed E-state index contributed by atoms with van der Waals surface area (Å²) in [4.78, 5) is 36.9. The van der Waals surface area contributed by atoms with Crippen LogP contribution in [0, 0.1) is 28.6 Å². The number of hydrogen-bond donors (Lipinski definition) is 2. The molecule has 4 aliphatic rings. The molecule has 4 aliphatic carbocycles. The molecule has 0 radical (unpaired) electrons. The smallest absolute Gasteiger partial charge is 0.332 e. The van der Waals surface area contributed by atoms with Crippen molar-refractivity contribution in [3.8, 4) is 0 Å². The molecule has 2 N–H and O–H groups in total. The van der Waals surface area contributed by atoms with Gasteiger partial charge in [0.1, 0.15) is 12.2 Å². The molecular formula is C25H36O7. The van der Waals surface area contributed by atoms with Gasteiger partial charge >= 0.3 is 5.97 Å². The maximum absolute atomic E-state index is 13.1. The highest BCUT2D eigenvalue weighted by molar-refractivity contribution is 5.92. The van der Waals surface area contributed by atoms with Gasteiger partial charge in [-0.15, -0.1) is 0 Å². The fourth-order valence-corrected chi connectivity index (χ4v) is 7.64. The maximum atomic E-state index is 13.1. The molecule has 7 nitrogen and oxygen atoms in total. The molecule has 7 heteroatoms. The van der Waals surface area contributed by atoms with E-state index in [0.29, 0.717) is 32.3 Å². The molecule has 7 atom stereocenters. The van der Waals surface area contributed by atoms with Gasteiger partial charge in [-0.05, 0) is 74.7 Å². The molecule has 0 aromatic carbocycles. The number of rotatable bonds is 6. The summed E-state index contributed by atoms with van der Waals surface area (Å²) in [7, 11) is 0. The standard InChI is InChI=1S/C25H36O7/c1-4-31-14-21(29)32-13-20(28)25(30)10-8-18-17-6-5-15-11-16(26)7-9-23(15,2)22(17)19(27)12-24(18,25)3/h11,17-19,22,27,30H,4-10,12-14H2,1-3H3/t17-,18-,19-,22+,23-,24-,25-/m0/s1. The second-order valence-corrected chi connectivity index (χ2v) is 10.7. The van der Waals surface area contributed by atoms with E-state index in [4.69, 9.17) is 9.47 Å². The fourth-order valence-electron chi connectivity index (χ4n) is 7.64. The summed E-state index contributed by atoms with van der Waals surface area (Å²) in [6.07, 6.45) is 5.40. The predicted molar refractivity (Wildman–Crippen MR) is 116 cm³/mol. The first-order valence-electron chi connectivity index (χ1n) is 12.0. The zero-order valence-corrected chi connectivity index (χ0v) is 19.4. The third-order valence-corrected chi connectivity index (χ3v) is 9.30. The Morgan fingerprint density at radius 1 is 1.16 bits per heavy atom. The summed E-state index contributed by atoms with van der Waals surface area (Å²) >= 11 is 0. The minimum absolute atomic E-state index is 0.0233. The van der Waals surface area contributed by atoms with Crippen molar-refractivity contribution in [2.75, 3.05) is 19.8 Å². The number of aliphatic hydroxyl groups excluding tert-OH is 1. The Kier molecular flexibility index (Phi) is 6.14. The Morgan fingerprint density at radius 3 is 2.62 bits per heavy atom. The quantitative estimate of drug-likeness (QED) is 0.600. The zero-order chi connectivity index (χ0) is 23.3. The van der Waals surface area contributed by atoms with Crippen molar-refractivity contribution >= 4 is 17.5 Å². The van der Waals surface area contributed by atoms with Gasteiger partial charge in [0.2, 0.25) is 5.78 Å². The number of fused-ring (bicyclic) bond motifs is 5. The summed E-state index contributed by atoms with van der Waals surface area (Å²) in [5.41, 5.74) is -1.46. The van der Waals surface area contributed by atoms with E-state index in [9.17, 15) is 24.6 Å². The van der Waals surface area contributed by atoms with Crippen molar-refractivity contribution in [1.29, 1.82) is 0 Å². The van der Waals surface area contributed by atoms with Crippen molar-refractivity contribution in [1.82, 2.24) is 0 Å². The van der Waals surface area contributed by atoms with Crippen LogP contribution in [0.1, 0.15) is 65.7 Å². The number of aliphatic hydroxyl groups is 2. The van der Waals surface area contributed by atoms with E-state index in [2.05, 4.69) is 6.92 Å². The molecule has 0 aliphatic heterocycles. The molecule has 32 heavy (non-hydrogen) atoms. The molecule has 3 saturated carbocycles. The Labute approximate surface area is 189 Å². The minimum atomic E-state index is -1.63. The third-order valence-electron chi connectivity index (χ3n) is 9.30. The molecule has 0 bridgehead atoms. The molecule has 0 aromatic rings. The summed E-state index contributed by atoms with van der Waals surface area (Å²) < 4.78 is 10.1. The molecular weight excluding hydrogens is 412 g/mol. The van der Waals surface area contributed by atoms with E-state index in [-0.39, 0.29) is 35.6 Å². The van der Waals surface area contributed by atoms with Crippen LogP contribution in [0.25, 0.3) is 0 Å². The van der Waals surface area contributed by atoms with Crippen LogP contribution in [0.2, 0.25) is 0 Å². The van der Waals surface area contributed by atoms with Gasteiger partial charge in [-0.2, -0.15) is 0 Å². The van der Waals surface area contributed by atoms with Gasteiger partial charge in [0, 0.05) is 18.4 Å². The van der Waals surface area contributed by atoms with E-state index in [1.54, 1.807) is 13.0 Å². The van der Waals surface area contributed by atoms with Crippen LogP contribution in [0.3, 0.4) is 0 Å². The SMILES string of the molecule is CCOCC(=O)OCC(=O)[C@@]1(O)CC[C@H]2[C@@H]3CCC4=CC(=O)CC[C@]4(C)[C@H]3[C@@H](O)C[C@@]21C. The molecule has 4 rings (SSSR count). The van der Waals surface area contributed by atoms with Crippen LogP contribution in [-0.4, -0.2) is 59.3 Å². The average Bonchev–Trinajstić information content (AvgIpc) is 3.02. The predicted octanol–water partition coefficient (Wildman–Crippen LogP) is 2.37. The van der Waals surface area contributed by atoms with Gasteiger partial charge in [0.15, 0.2) is 12.4 Å². The van der Waals surface area contributed by atoms with Gasteiger partial charge in [0.25, 0.3) is 0 Å². The van der Waals surface area contributed by atoms with Crippen molar-refractivity contribution < 1.29 is 34.1 Å². The molecule has 0 unspecified atom stereocenters. The van der Waals surface area contributed by atoms with E-state index in [1.165, 1.54) is 0 Å². The Morgan fingerprint density at radius 2 is 1.91 bits per heavy atom. The number of esters is 1. The molecule has 0 saturated heterocycles. The highest BCUT2D eigenvalue weighted by Crippen LogP contribution is 2.67. The zero-order valence-electron chi connectivity index (χ0n) is 19.4. The molecule has 0 spiro atoms. The van der Waals surface area contributed by atoms with Crippen molar-refractivity contribution in [2.45, 2.75) is 77.4 Å². The lowest BCUT2D eigenvalue weighted by Crippen LogP contribution is -2.62. The van der Waals surface area contributed by atoms with Crippen LogP contribution >= 0.6 is 0 Å². The normalized spacial score (nSPS) is 43.0. The first kappa shape index (κ1) is 23.6. The van der Waals surface area contributed by atoms with Crippen LogP contribution in [0.4, 0.5) is 0 Å². The molecule has 3 fully saturated rings. The van der Waals surface area contributed by atoms with Crippen molar-refractivity contribution in [3.63, 3.8) is 0 Å². The van der Waals surface area contributed by atoms with Gasteiger partial charge in [-0.1, -0.05) is 19.4 Å². The number of ether oxygens (including phenoxy) is 2. The largest absolute Gasteiger partial charge is 0.456 e. The first-order valence-corrected chi connectivity index (χ1v) is 12.0. The van der Waals surface area contributed by atoms with Gasteiger partial charge < -0.3 is 19.7 Å². The highest BCUT2D eigenvalue weighted by atomic mass is 16.6. The summed E-state index contributed by atoms with van der Waals surface area (Å²) in [5.74, 6) is -0.648. The lowest BCUT2D eigenvalue weighted by atomic mass is 9.45. The molecule has 178 valence electrons. The fraction of sp³-hybridized carbons (Fsp3) is 0.800. The van der Waals surface area contributed by atoms with Crippen LogP contribution < -0.4 is 0 Å². The second kappa shape index (κ2) is 8.33. The molecule has 0 amide bonds. The van der Waals surface area contributed by atoms with Crippen molar-refractivity contribution in [3.05, 3.63) is 11.6 Å². The topological polar surface area (TPSA) is 110 Å². The number of carbonyl (C=O) groups is 3. The highest BCUT2D eigenvalue weighted by Gasteiger charge is 2.68. The Balaban J connectivity index is 1.55. The first-order chi connectivity index (χ1) is 15.1. The average molecular weight is 449 g/mol. The second-order valence-electron chi connectivity index (χ2n) is 10.7. The number of ketones is 2. The number of Topliss-reactive ketones (excluding diaryl/α,β-unsaturated/α-hetero) is 1. The van der Waals surface area contributed by atoms with Gasteiger partial charge in [-0.25, -0.2) is 4.79 Å². The summed E-state index contributed by atoms with van der Waals surface area (Å²) in [6.45, 7) is 5.53. The maximum Gasteiger partial charge on any atom is 0.332 e. The van der Waals surface area contributed by atoms with Crippen LogP contribution in [0.5, 0.6) is 0 Å². The third kappa shape index (κ3) is 3.48. The Hall–Kier alpha value is -1.57. The molecule has 0 aromatic heterocycles. The lowest BCUT2D eigenvalue weighted by molar-refractivity contribution is -0.185. The molecule has 0 heterocycles. The minimum Gasteiger partial charge on any atom is -0.456 e. The Bertz CT molecular complexity index is 834. The number of allylic oxidation sites excluding steroid dienone is 1. The lowest BCUT2D eigenvalue weighted by Gasteiger charge is -2.60. The van der Waals surface area contributed by atoms with E-state index < -0.39 is 35.5 Å². The van der Waals surface area contributed by atoms with Crippen molar-refractivity contribution in [2.24, 2.45) is 28.6 Å². The van der Waals surface area contributed by atoms with Gasteiger partial charge in [0.05, 0.1) is 6.10 Å². The van der Waals surface area contributed by atoms with Crippen LogP contribution in [-0.2, 0) is 23.9 Å². The summed E-state index contributed by atoms with van der Waals surface area (Å²) in [6, 6.07) is 0. The van der Waals surface area contributed by atoms with E-state index in [1.807, 2.05) is 6.92 Å². The van der Waals surface area contributed by atoms with Crippen LogP contribution in [0.15, 0.2) is 11.6 Å². The van der Waals surface area contributed by atoms with E-state index >= 15 is 0 Å². The van der Waals surface area contributed by atoms with E-state index in [0.717, 1.165) is 24.8 Å². The number of hydrogen-bond acceptors (Lipinski definition) is 7.